The van der Waals surface area contributed by atoms with Gasteiger partial charge in [-0.15, -0.1) is 0 Å². The summed E-state index contributed by atoms with van der Waals surface area (Å²) >= 11 is 1.21. The van der Waals surface area contributed by atoms with Gasteiger partial charge in [0, 0.05) is 11.9 Å². The van der Waals surface area contributed by atoms with Crippen LogP contribution in [0.5, 0.6) is 0 Å². The van der Waals surface area contributed by atoms with Crippen LogP contribution < -0.4 is 10.9 Å². The van der Waals surface area contributed by atoms with E-state index in [-0.39, 0.29) is 17.2 Å². The SMILES string of the molecule is Cc1ccc(-n2c(SCC(=O)Nc3ccc(C)cc3C)nc3ccccc3c2=O)nc1. The molecule has 4 aromatic rings. The Bertz CT molecular complexity index is 1330. The number of nitrogens with zero attached hydrogens (tertiary/aromatic N) is 3. The van der Waals surface area contributed by atoms with Crippen LogP contribution in [0.3, 0.4) is 0 Å². The van der Waals surface area contributed by atoms with E-state index < -0.39 is 0 Å². The monoisotopic (exact) mass is 430 g/mol. The summed E-state index contributed by atoms with van der Waals surface area (Å²) in [5, 5.41) is 3.87. The van der Waals surface area contributed by atoms with Gasteiger partial charge in [-0.3, -0.25) is 9.59 Å². The molecule has 4 rings (SSSR count). The number of hydrogen-bond donors (Lipinski definition) is 1. The van der Waals surface area contributed by atoms with Crippen LogP contribution in [-0.2, 0) is 4.79 Å². The second-order valence-corrected chi connectivity index (χ2v) is 8.34. The average Bonchev–Trinajstić information content (AvgIpc) is 2.75. The minimum Gasteiger partial charge on any atom is -0.325 e. The molecule has 2 heterocycles. The smallest absolute Gasteiger partial charge is 0.267 e. The van der Waals surface area contributed by atoms with E-state index >= 15 is 0 Å². The molecule has 1 N–H and O–H groups in total. The molecule has 0 aliphatic carbocycles. The van der Waals surface area contributed by atoms with Crippen LogP contribution in [0.15, 0.2) is 70.7 Å². The Balaban J connectivity index is 1.66. The number of aryl methyl sites for hydroxylation is 3. The van der Waals surface area contributed by atoms with Gasteiger partial charge in [-0.25, -0.2) is 14.5 Å². The largest absolute Gasteiger partial charge is 0.325 e. The maximum atomic E-state index is 13.2. The molecular weight excluding hydrogens is 408 g/mol. The maximum Gasteiger partial charge on any atom is 0.267 e. The molecular formula is C24H22N4O2S. The molecule has 0 saturated heterocycles. The summed E-state index contributed by atoms with van der Waals surface area (Å²) in [6.45, 7) is 5.91. The number of anilines is 1. The third kappa shape index (κ3) is 4.51. The molecule has 6 nitrogen and oxygen atoms in total. The molecule has 0 bridgehead atoms. The number of thioether (sulfide) groups is 1. The summed E-state index contributed by atoms with van der Waals surface area (Å²) in [7, 11) is 0. The van der Waals surface area contributed by atoms with E-state index in [1.54, 1.807) is 24.4 Å². The minimum atomic E-state index is -0.209. The van der Waals surface area contributed by atoms with Crippen molar-refractivity contribution in [2.24, 2.45) is 0 Å². The summed E-state index contributed by atoms with van der Waals surface area (Å²) < 4.78 is 1.47. The van der Waals surface area contributed by atoms with Crippen LogP contribution in [-0.4, -0.2) is 26.2 Å². The van der Waals surface area contributed by atoms with Crippen LogP contribution in [0.4, 0.5) is 5.69 Å². The Morgan fingerprint density at radius 1 is 1.03 bits per heavy atom. The van der Waals surface area contributed by atoms with Crippen molar-refractivity contribution in [3.8, 4) is 5.82 Å². The summed E-state index contributed by atoms with van der Waals surface area (Å²) in [5.74, 6) is 0.429. The van der Waals surface area contributed by atoms with Crippen LogP contribution in [0.1, 0.15) is 16.7 Å². The molecule has 0 fully saturated rings. The maximum absolute atomic E-state index is 13.2. The standard InChI is InChI=1S/C24H22N4O2S/c1-15-8-10-19(17(3)12-15)26-22(29)14-31-24-27-20-7-5-4-6-18(20)23(30)28(24)21-11-9-16(2)13-25-21/h4-13H,14H2,1-3H3,(H,26,29). The van der Waals surface area contributed by atoms with Crippen molar-refractivity contribution >= 4 is 34.3 Å². The second-order valence-electron chi connectivity index (χ2n) is 7.40. The Morgan fingerprint density at radius 3 is 2.55 bits per heavy atom. The molecule has 2 aromatic heterocycles. The molecule has 2 aromatic carbocycles. The summed E-state index contributed by atoms with van der Waals surface area (Å²) in [5.41, 5.74) is 4.29. The molecule has 0 spiro atoms. The zero-order valence-corrected chi connectivity index (χ0v) is 18.4. The van der Waals surface area contributed by atoms with Crippen LogP contribution in [0, 0.1) is 20.8 Å². The number of rotatable bonds is 5. The number of pyridine rings is 1. The van der Waals surface area contributed by atoms with Gasteiger partial charge >= 0.3 is 0 Å². The van der Waals surface area contributed by atoms with Crippen LogP contribution >= 0.6 is 11.8 Å². The van der Waals surface area contributed by atoms with Gasteiger partial charge in [-0.05, 0) is 56.2 Å². The number of para-hydroxylation sites is 1. The van der Waals surface area contributed by atoms with E-state index in [0.717, 1.165) is 22.4 Å². The van der Waals surface area contributed by atoms with Gasteiger partial charge in [0.25, 0.3) is 5.56 Å². The molecule has 31 heavy (non-hydrogen) atoms. The van der Waals surface area contributed by atoms with Crippen molar-refractivity contribution in [3.63, 3.8) is 0 Å². The van der Waals surface area contributed by atoms with Gasteiger partial charge in [-0.1, -0.05) is 47.7 Å². The number of carbonyl (C=O) groups is 1. The van der Waals surface area contributed by atoms with Crippen molar-refractivity contribution in [3.05, 3.63) is 87.8 Å². The number of benzene rings is 2. The summed E-state index contributed by atoms with van der Waals surface area (Å²) in [6.07, 6.45) is 1.71. The van der Waals surface area contributed by atoms with Gasteiger partial charge in [0.05, 0.1) is 16.7 Å². The highest BCUT2D eigenvalue weighted by molar-refractivity contribution is 7.99. The van der Waals surface area contributed by atoms with E-state index in [1.165, 1.54) is 16.3 Å². The van der Waals surface area contributed by atoms with E-state index in [2.05, 4.69) is 15.3 Å². The number of amides is 1. The lowest BCUT2D eigenvalue weighted by molar-refractivity contribution is -0.113. The normalized spacial score (nSPS) is 10.9. The highest BCUT2D eigenvalue weighted by atomic mass is 32.2. The minimum absolute atomic E-state index is 0.115. The van der Waals surface area contributed by atoms with Gasteiger partial charge < -0.3 is 5.32 Å². The van der Waals surface area contributed by atoms with Crippen LogP contribution in [0.25, 0.3) is 16.7 Å². The van der Waals surface area contributed by atoms with E-state index in [4.69, 9.17) is 0 Å². The second kappa shape index (κ2) is 8.73. The quantitative estimate of drug-likeness (QED) is 0.374. The lowest BCUT2D eigenvalue weighted by Gasteiger charge is -2.13. The molecule has 0 aliphatic heterocycles. The van der Waals surface area contributed by atoms with Crippen LogP contribution in [0.2, 0.25) is 0 Å². The average molecular weight is 431 g/mol. The van der Waals surface area contributed by atoms with Gasteiger partial charge in [0.2, 0.25) is 5.91 Å². The third-order valence-electron chi connectivity index (χ3n) is 4.86. The fourth-order valence-corrected chi connectivity index (χ4v) is 4.07. The predicted octanol–water partition coefficient (Wildman–Crippen LogP) is 4.44. The fourth-order valence-electron chi connectivity index (χ4n) is 3.27. The fraction of sp³-hybridized carbons (Fsp3) is 0.167. The number of carbonyl (C=O) groups excluding carboxylic acids is 1. The summed E-state index contributed by atoms with van der Waals surface area (Å²) in [6, 6.07) is 16.7. The zero-order valence-electron chi connectivity index (χ0n) is 17.5. The predicted molar refractivity (Wildman–Crippen MR) is 125 cm³/mol. The third-order valence-corrected chi connectivity index (χ3v) is 5.80. The highest BCUT2D eigenvalue weighted by Gasteiger charge is 2.16. The van der Waals surface area contributed by atoms with Crippen molar-refractivity contribution in [2.45, 2.75) is 25.9 Å². The Hall–Kier alpha value is -3.45. The molecule has 0 saturated carbocycles. The van der Waals surface area contributed by atoms with Crippen molar-refractivity contribution in [2.75, 3.05) is 11.1 Å². The first-order valence-electron chi connectivity index (χ1n) is 9.87. The molecule has 1 amide bonds. The molecule has 156 valence electrons. The van der Waals surface area contributed by atoms with E-state index in [1.807, 2.05) is 57.2 Å². The first kappa shape index (κ1) is 20.8. The lowest BCUT2D eigenvalue weighted by Crippen LogP contribution is -2.23. The number of hydrogen-bond acceptors (Lipinski definition) is 5. The first-order valence-corrected chi connectivity index (χ1v) is 10.9. The highest BCUT2D eigenvalue weighted by Crippen LogP contribution is 2.22. The molecule has 7 heteroatoms. The molecule has 0 unspecified atom stereocenters. The van der Waals surface area contributed by atoms with Crippen molar-refractivity contribution in [1.82, 2.24) is 14.5 Å². The molecule has 0 atom stereocenters. The number of aromatic nitrogens is 3. The van der Waals surface area contributed by atoms with Crippen molar-refractivity contribution < 1.29 is 4.79 Å². The summed E-state index contributed by atoms with van der Waals surface area (Å²) in [4.78, 5) is 34.9. The van der Waals surface area contributed by atoms with Gasteiger partial charge in [0.15, 0.2) is 5.16 Å². The number of nitrogens with one attached hydrogen (secondary N) is 1. The van der Waals surface area contributed by atoms with E-state index in [0.29, 0.717) is 21.9 Å². The van der Waals surface area contributed by atoms with Gasteiger partial charge in [0.1, 0.15) is 5.82 Å². The Labute approximate surface area is 184 Å². The topological polar surface area (TPSA) is 76.9 Å². The van der Waals surface area contributed by atoms with Crippen molar-refractivity contribution in [1.29, 1.82) is 0 Å². The number of fused-ring (bicyclic) bond motifs is 1. The van der Waals surface area contributed by atoms with E-state index in [9.17, 15) is 9.59 Å². The molecule has 0 radical (unpaired) electrons. The van der Waals surface area contributed by atoms with Gasteiger partial charge in [-0.2, -0.15) is 0 Å². The zero-order chi connectivity index (χ0) is 22.0. The molecule has 0 aliphatic rings. The lowest BCUT2D eigenvalue weighted by atomic mass is 10.1. The Morgan fingerprint density at radius 2 is 1.81 bits per heavy atom. The first-order chi connectivity index (χ1) is 14.9. The Kier molecular flexibility index (Phi) is 5.86.